The van der Waals surface area contributed by atoms with Crippen LogP contribution in [-0.2, 0) is 19.6 Å². The molecular weight excluding hydrogens is 314 g/mol. The fraction of sp³-hybridized carbons (Fsp3) is 0.471. The van der Waals surface area contributed by atoms with Crippen molar-refractivity contribution in [2.45, 2.75) is 45.1 Å². The lowest BCUT2D eigenvalue weighted by Gasteiger charge is -2.18. The summed E-state index contributed by atoms with van der Waals surface area (Å²) in [4.78, 5) is 11.7. The van der Waals surface area contributed by atoms with Crippen molar-refractivity contribution >= 4 is 16.0 Å². The summed E-state index contributed by atoms with van der Waals surface area (Å²) < 4.78 is 32.3. The van der Waals surface area contributed by atoms with Gasteiger partial charge in [0.2, 0.25) is 10.0 Å². The maximum atomic E-state index is 12.5. The lowest BCUT2D eigenvalue weighted by atomic mass is 10.0. The van der Waals surface area contributed by atoms with Crippen LogP contribution in [0.3, 0.4) is 0 Å². The molecule has 0 aromatic heterocycles. The largest absolute Gasteiger partial charge is 0.466 e. The highest BCUT2D eigenvalue weighted by Gasteiger charge is 2.20. The first-order valence-corrected chi connectivity index (χ1v) is 8.99. The molecule has 0 unspecified atom stereocenters. The molecule has 23 heavy (non-hydrogen) atoms. The monoisotopic (exact) mass is 339 g/mol. The first-order chi connectivity index (χ1) is 10.7. The van der Waals surface area contributed by atoms with Crippen LogP contribution in [0.4, 0.5) is 0 Å². The van der Waals surface area contributed by atoms with E-state index in [0.29, 0.717) is 12.0 Å². The summed E-state index contributed by atoms with van der Waals surface area (Å²) in [6, 6.07) is 6.17. The smallest absolute Gasteiger partial charge is 0.333 e. The van der Waals surface area contributed by atoms with Crippen molar-refractivity contribution in [3.63, 3.8) is 0 Å². The van der Waals surface area contributed by atoms with E-state index >= 15 is 0 Å². The Morgan fingerprint density at radius 2 is 1.83 bits per heavy atom. The molecule has 1 aromatic rings. The number of hydrogen-bond donors (Lipinski definition) is 1. The first kappa shape index (κ1) is 19.4. The summed E-state index contributed by atoms with van der Waals surface area (Å²) >= 11 is 0. The molecule has 1 N–H and O–H groups in total. The number of rotatable bonds is 7. The Labute approximate surface area is 138 Å². The molecule has 1 rings (SSSR count). The van der Waals surface area contributed by atoms with Crippen molar-refractivity contribution in [3.8, 4) is 0 Å². The van der Waals surface area contributed by atoms with Gasteiger partial charge in [-0.15, -0.1) is 0 Å². The summed E-state index contributed by atoms with van der Waals surface area (Å²) in [6.07, 6.45) is 2.19. The minimum absolute atomic E-state index is 0.209. The number of carbonyl (C=O) groups is 1. The summed E-state index contributed by atoms with van der Waals surface area (Å²) in [6.45, 7) is 7.50. The molecular formula is C17H25NO4S. The van der Waals surface area contributed by atoms with Gasteiger partial charge in [0.05, 0.1) is 12.0 Å². The van der Waals surface area contributed by atoms with Crippen molar-refractivity contribution < 1.29 is 17.9 Å². The quantitative estimate of drug-likeness (QED) is 0.612. The molecule has 128 valence electrons. The van der Waals surface area contributed by atoms with Gasteiger partial charge in [-0.05, 0) is 38.3 Å². The molecule has 0 aliphatic carbocycles. The predicted molar refractivity (Wildman–Crippen MR) is 90.5 cm³/mol. The number of benzene rings is 1. The van der Waals surface area contributed by atoms with Crippen LogP contribution in [0.5, 0.6) is 0 Å². The van der Waals surface area contributed by atoms with Gasteiger partial charge in [-0.1, -0.05) is 37.6 Å². The minimum Gasteiger partial charge on any atom is -0.466 e. The zero-order valence-electron chi connectivity index (χ0n) is 14.3. The number of nitrogens with one attached hydrogen (secondary N) is 1. The van der Waals surface area contributed by atoms with Gasteiger partial charge in [-0.2, -0.15) is 0 Å². The normalized spacial score (nSPS) is 13.9. The lowest BCUT2D eigenvalue weighted by Crippen LogP contribution is -2.35. The van der Waals surface area contributed by atoms with Crippen LogP contribution in [0, 0.1) is 12.8 Å². The number of sulfonamides is 1. The predicted octanol–water partition coefficient (Wildman–Crippen LogP) is 2.81. The van der Waals surface area contributed by atoms with Crippen LogP contribution < -0.4 is 4.72 Å². The molecule has 1 aromatic carbocycles. The van der Waals surface area contributed by atoms with Gasteiger partial charge in [0, 0.05) is 11.6 Å². The van der Waals surface area contributed by atoms with E-state index in [1.165, 1.54) is 7.11 Å². The second kappa shape index (κ2) is 8.26. The Bertz CT molecular complexity index is 660. The highest BCUT2D eigenvalue weighted by Crippen LogP contribution is 2.15. The Hall–Kier alpha value is -1.66. The fourth-order valence-electron chi connectivity index (χ4n) is 2.17. The molecule has 0 amide bonds. The lowest BCUT2D eigenvalue weighted by molar-refractivity contribution is -0.136. The van der Waals surface area contributed by atoms with Crippen molar-refractivity contribution in [1.82, 2.24) is 4.72 Å². The van der Waals surface area contributed by atoms with Gasteiger partial charge in [0.25, 0.3) is 0 Å². The average molecular weight is 339 g/mol. The molecule has 5 nitrogen and oxygen atoms in total. The molecule has 0 aliphatic heterocycles. The highest BCUT2D eigenvalue weighted by molar-refractivity contribution is 7.89. The maximum Gasteiger partial charge on any atom is 0.333 e. The molecule has 0 heterocycles. The van der Waals surface area contributed by atoms with Gasteiger partial charge in [-0.25, -0.2) is 17.9 Å². The average Bonchev–Trinajstić information content (AvgIpc) is 2.45. The second-order valence-electron chi connectivity index (χ2n) is 6.01. The van der Waals surface area contributed by atoms with Crippen molar-refractivity contribution in [3.05, 3.63) is 41.5 Å². The number of ether oxygens (including phenoxy) is 1. The molecule has 0 bridgehead atoms. The Morgan fingerprint density at radius 1 is 1.26 bits per heavy atom. The maximum absolute atomic E-state index is 12.5. The van der Waals surface area contributed by atoms with Crippen LogP contribution >= 0.6 is 0 Å². The van der Waals surface area contributed by atoms with Gasteiger partial charge in [0.15, 0.2) is 0 Å². The van der Waals surface area contributed by atoms with Crippen molar-refractivity contribution in [2.24, 2.45) is 5.92 Å². The topological polar surface area (TPSA) is 72.5 Å². The molecule has 6 heteroatoms. The third-order valence-corrected chi connectivity index (χ3v) is 4.83. The summed E-state index contributed by atoms with van der Waals surface area (Å²) in [5.74, 6) is -0.198. The minimum atomic E-state index is -3.65. The van der Waals surface area contributed by atoms with Gasteiger partial charge in [-0.3, -0.25) is 0 Å². The van der Waals surface area contributed by atoms with Crippen LogP contribution in [0.25, 0.3) is 0 Å². The molecule has 0 aliphatic rings. The number of hydrogen-bond acceptors (Lipinski definition) is 4. The molecule has 1 atom stereocenters. The van der Waals surface area contributed by atoms with E-state index in [2.05, 4.69) is 9.46 Å². The standard InChI is InChI=1S/C17H25NO4S/c1-12(2)10-15(11-14(4)17(19)22-5)18-23(20,21)16-8-6-13(3)7-9-16/h6-9,11-12,15,18H,10H2,1-5H3/b14-11+/t15-/m0/s1. The van der Waals surface area contributed by atoms with Crippen LogP contribution in [0.1, 0.15) is 32.8 Å². The Morgan fingerprint density at radius 3 is 2.30 bits per heavy atom. The summed E-state index contributed by atoms with van der Waals surface area (Å²) in [7, 11) is -2.35. The molecule has 0 radical (unpaired) electrons. The number of esters is 1. The Kier molecular flexibility index (Phi) is 6.97. The molecule has 0 saturated carbocycles. The molecule has 0 fully saturated rings. The van der Waals surface area contributed by atoms with E-state index in [4.69, 9.17) is 0 Å². The molecule has 0 spiro atoms. The van der Waals surface area contributed by atoms with Gasteiger partial charge >= 0.3 is 5.97 Å². The van der Waals surface area contributed by atoms with Gasteiger partial charge in [0.1, 0.15) is 0 Å². The van der Waals surface area contributed by atoms with Crippen molar-refractivity contribution in [2.75, 3.05) is 7.11 Å². The number of carbonyl (C=O) groups excluding carboxylic acids is 1. The van der Waals surface area contributed by atoms with E-state index in [1.807, 2.05) is 20.8 Å². The third-order valence-electron chi connectivity index (χ3n) is 3.32. The first-order valence-electron chi connectivity index (χ1n) is 7.51. The highest BCUT2D eigenvalue weighted by atomic mass is 32.2. The number of aryl methyl sites for hydroxylation is 1. The van der Waals surface area contributed by atoms with Crippen molar-refractivity contribution in [1.29, 1.82) is 0 Å². The van der Waals surface area contributed by atoms with Crippen LogP contribution in [0.2, 0.25) is 0 Å². The summed E-state index contributed by atoms with van der Waals surface area (Å²) in [5, 5.41) is 0. The Balaban J connectivity index is 3.04. The zero-order valence-corrected chi connectivity index (χ0v) is 15.1. The van der Waals surface area contributed by atoms with E-state index in [0.717, 1.165) is 5.56 Å². The fourth-order valence-corrected chi connectivity index (χ4v) is 3.37. The van der Waals surface area contributed by atoms with E-state index in [-0.39, 0.29) is 10.8 Å². The SMILES string of the molecule is COC(=O)/C(C)=C/[C@H](CC(C)C)NS(=O)(=O)c1ccc(C)cc1. The van der Waals surface area contributed by atoms with Crippen LogP contribution in [0.15, 0.2) is 40.8 Å². The van der Waals surface area contributed by atoms with Crippen LogP contribution in [-0.4, -0.2) is 27.5 Å². The zero-order chi connectivity index (χ0) is 17.6. The van der Waals surface area contributed by atoms with E-state index in [1.54, 1.807) is 37.3 Å². The van der Waals surface area contributed by atoms with E-state index in [9.17, 15) is 13.2 Å². The third kappa shape index (κ3) is 6.15. The molecule has 0 saturated heterocycles. The summed E-state index contributed by atoms with van der Waals surface area (Å²) in [5.41, 5.74) is 1.37. The second-order valence-corrected chi connectivity index (χ2v) is 7.73. The van der Waals surface area contributed by atoms with E-state index < -0.39 is 22.0 Å². The van der Waals surface area contributed by atoms with Gasteiger partial charge < -0.3 is 4.74 Å². The number of methoxy groups -OCH3 is 1.